The quantitative estimate of drug-likeness (QED) is 0.909. The third-order valence-electron chi connectivity index (χ3n) is 4.71. The number of ether oxygens (including phenoxy) is 1. The first-order chi connectivity index (χ1) is 11.1. The molecule has 0 aliphatic carbocycles. The molecule has 2 N–H and O–H groups in total. The Morgan fingerprint density at radius 1 is 1.17 bits per heavy atom. The lowest BCUT2D eigenvalue weighted by Crippen LogP contribution is -2.32. The number of rotatable bonds is 4. The summed E-state index contributed by atoms with van der Waals surface area (Å²) in [5.74, 6) is 1.05. The van der Waals surface area contributed by atoms with Crippen LogP contribution in [0.2, 0.25) is 0 Å². The second-order valence-electron chi connectivity index (χ2n) is 6.17. The van der Waals surface area contributed by atoms with Crippen LogP contribution in [0.15, 0.2) is 36.4 Å². The third-order valence-corrected chi connectivity index (χ3v) is 4.71. The van der Waals surface area contributed by atoms with Crippen molar-refractivity contribution in [2.45, 2.75) is 25.3 Å². The normalized spacial score (nSPS) is 17.7. The predicted molar refractivity (Wildman–Crippen MR) is 90.2 cm³/mol. The van der Waals surface area contributed by atoms with E-state index in [2.05, 4.69) is 11.9 Å². The van der Waals surface area contributed by atoms with Gasteiger partial charge in [0.25, 0.3) is 0 Å². The van der Waals surface area contributed by atoms with Gasteiger partial charge >= 0.3 is 0 Å². The molecule has 0 fully saturated rings. The Kier molecular flexibility index (Phi) is 4.44. The molecule has 1 heterocycles. The Balaban J connectivity index is 1.82. The maximum absolute atomic E-state index is 10.1. The number of aromatic hydroxyl groups is 2. The van der Waals surface area contributed by atoms with E-state index < -0.39 is 0 Å². The number of hydrogen-bond acceptors (Lipinski definition) is 4. The highest BCUT2D eigenvalue weighted by molar-refractivity contribution is 5.48. The summed E-state index contributed by atoms with van der Waals surface area (Å²) < 4.78 is 5.23. The number of nitrogens with zero attached hydrogens (tertiary/aromatic N) is 1. The molecule has 4 heteroatoms. The van der Waals surface area contributed by atoms with E-state index in [-0.39, 0.29) is 11.8 Å². The van der Waals surface area contributed by atoms with E-state index in [4.69, 9.17) is 4.74 Å². The molecule has 4 nitrogen and oxygen atoms in total. The molecular formula is C19H23NO3. The zero-order valence-electron chi connectivity index (χ0n) is 13.6. The Labute approximate surface area is 136 Å². The average Bonchev–Trinajstić information content (AvgIpc) is 2.55. The van der Waals surface area contributed by atoms with Crippen molar-refractivity contribution in [1.29, 1.82) is 0 Å². The maximum atomic E-state index is 10.1. The molecule has 0 saturated carbocycles. The van der Waals surface area contributed by atoms with Crippen LogP contribution in [0.4, 0.5) is 0 Å². The van der Waals surface area contributed by atoms with Gasteiger partial charge in [-0.1, -0.05) is 12.1 Å². The van der Waals surface area contributed by atoms with E-state index in [0.29, 0.717) is 11.5 Å². The lowest BCUT2D eigenvalue weighted by Gasteiger charge is -2.35. The minimum absolute atomic E-state index is 0.205. The molecule has 1 atom stereocenters. The van der Waals surface area contributed by atoms with Gasteiger partial charge in [0.05, 0.1) is 7.11 Å². The van der Waals surface area contributed by atoms with Crippen molar-refractivity contribution in [3.8, 4) is 17.2 Å². The molecule has 0 saturated heterocycles. The lowest BCUT2D eigenvalue weighted by atomic mass is 9.89. The fourth-order valence-corrected chi connectivity index (χ4v) is 3.35. The zero-order valence-corrected chi connectivity index (χ0v) is 13.6. The molecule has 0 spiro atoms. The van der Waals surface area contributed by atoms with E-state index >= 15 is 0 Å². The second kappa shape index (κ2) is 6.50. The number of fused-ring (bicyclic) bond motifs is 1. The monoisotopic (exact) mass is 313 g/mol. The average molecular weight is 313 g/mol. The summed E-state index contributed by atoms with van der Waals surface area (Å²) in [6.07, 6.45) is 2.87. The smallest absolute Gasteiger partial charge is 0.160 e. The van der Waals surface area contributed by atoms with Crippen LogP contribution in [0.1, 0.15) is 29.2 Å². The van der Waals surface area contributed by atoms with Crippen LogP contribution in [0.5, 0.6) is 17.2 Å². The predicted octanol–water partition coefficient (Wildman–Crippen LogP) is 3.27. The van der Waals surface area contributed by atoms with E-state index in [1.54, 1.807) is 19.2 Å². The van der Waals surface area contributed by atoms with Gasteiger partial charge in [-0.3, -0.25) is 4.90 Å². The van der Waals surface area contributed by atoms with Gasteiger partial charge < -0.3 is 14.9 Å². The molecule has 122 valence electrons. The molecule has 0 radical (unpaired) electrons. The highest BCUT2D eigenvalue weighted by atomic mass is 16.5. The number of likely N-dealkylation sites (N-methyl/N-ethyl adjacent to an activating group) is 1. The second-order valence-corrected chi connectivity index (χ2v) is 6.17. The Bertz CT molecular complexity index is 682. The first-order valence-corrected chi connectivity index (χ1v) is 7.96. The minimum atomic E-state index is 0.205. The molecule has 0 bridgehead atoms. The largest absolute Gasteiger partial charge is 0.508 e. The third kappa shape index (κ3) is 3.27. The Morgan fingerprint density at radius 2 is 1.91 bits per heavy atom. The maximum Gasteiger partial charge on any atom is 0.160 e. The van der Waals surface area contributed by atoms with Crippen molar-refractivity contribution in [2.24, 2.45) is 0 Å². The highest BCUT2D eigenvalue weighted by Gasteiger charge is 2.26. The molecule has 1 aliphatic heterocycles. The molecular weight excluding hydrogens is 290 g/mol. The van der Waals surface area contributed by atoms with E-state index in [0.717, 1.165) is 25.8 Å². The number of phenolic OH excluding ortho intramolecular Hbond substituents is 2. The fraction of sp³-hybridized carbons (Fsp3) is 0.368. The van der Waals surface area contributed by atoms with Crippen LogP contribution in [0.3, 0.4) is 0 Å². The number of benzene rings is 2. The summed E-state index contributed by atoms with van der Waals surface area (Å²) in [5, 5.41) is 19.5. The SMILES string of the molecule is COc1cc2c(cc1O)[C@@H](CCc1ccc(O)cc1)N(C)CC2. The summed E-state index contributed by atoms with van der Waals surface area (Å²) in [5.41, 5.74) is 3.66. The van der Waals surface area contributed by atoms with Gasteiger partial charge in [-0.2, -0.15) is 0 Å². The van der Waals surface area contributed by atoms with Crippen molar-refractivity contribution >= 4 is 0 Å². The van der Waals surface area contributed by atoms with Gasteiger partial charge in [0.2, 0.25) is 0 Å². The van der Waals surface area contributed by atoms with Crippen molar-refractivity contribution in [1.82, 2.24) is 4.90 Å². The zero-order chi connectivity index (χ0) is 16.4. The summed E-state index contributed by atoms with van der Waals surface area (Å²) in [6, 6.07) is 11.5. The number of aryl methyl sites for hydroxylation is 1. The van der Waals surface area contributed by atoms with Crippen LogP contribution >= 0.6 is 0 Å². The molecule has 0 amide bonds. The molecule has 1 aliphatic rings. The first kappa shape index (κ1) is 15.7. The molecule has 0 unspecified atom stereocenters. The van der Waals surface area contributed by atoms with Crippen molar-refractivity contribution in [3.63, 3.8) is 0 Å². The molecule has 3 rings (SSSR count). The van der Waals surface area contributed by atoms with Crippen molar-refractivity contribution in [3.05, 3.63) is 53.1 Å². The molecule has 0 aromatic heterocycles. The van der Waals surface area contributed by atoms with Crippen LogP contribution in [0, 0.1) is 0 Å². The van der Waals surface area contributed by atoms with Gasteiger partial charge in [-0.25, -0.2) is 0 Å². The standard InChI is InChI=1S/C19H23NO3/c1-20-10-9-14-11-19(23-2)18(22)12-16(14)17(20)8-5-13-3-6-15(21)7-4-13/h3-4,6-7,11-12,17,21-22H,5,8-10H2,1-2H3/t17-/m1/s1. The first-order valence-electron chi connectivity index (χ1n) is 7.96. The van der Waals surface area contributed by atoms with Gasteiger partial charge in [0.15, 0.2) is 11.5 Å². The van der Waals surface area contributed by atoms with E-state index in [1.807, 2.05) is 24.3 Å². The van der Waals surface area contributed by atoms with Gasteiger partial charge in [0.1, 0.15) is 5.75 Å². The van der Waals surface area contributed by atoms with Crippen LogP contribution in [-0.2, 0) is 12.8 Å². The van der Waals surface area contributed by atoms with Crippen LogP contribution in [-0.4, -0.2) is 35.8 Å². The summed E-state index contributed by atoms with van der Waals surface area (Å²) in [4.78, 5) is 2.34. The van der Waals surface area contributed by atoms with Gasteiger partial charge in [-0.05, 0) is 67.3 Å². The van der Waals surface area contributed by atoms with Crippen molar-refractivity contribution in [2.75, 3.05) is 20.7 Å². The topological polar surface area (TPSA) is 52.9 Å². The minimum Gasteiger partial charge on any atom is -0.508 e. The number of phenols is 2. The number of methoxy groups -OCH3 is 1. The summed E-state index contributed by atoms with van der Waals surface area (Å²) >= 11 is 0. The molecule has 23 heavy (non-hydrogen) atoms. The van der Waals surface area contributed by atoms with E-state index in [9.17, 15) is 10.2 Å². The summed E-state index contributed by atoms with van der Waals surface area (Å²) in [6.45, 7) is 1.00. The lowest BCUT2D eigenvalue weighted by molar-refractivity contribution is 0.218. The van der Waals surface area contributed by atoms with Crippen LogP contribution < -0.4 is 4.74 Å². The molecule has 2 aromatic rings. The fourth-order valence-electron chi connectivity index (χ4n) is 3.35. The van der Waals surface area contributed by atoms with Crippen molar-refractivity contribution < 1.29 is 14.9 Å². The van der Waals surface area contributed by atoms with E-state index in [1.165, 1.54) is 16.7 Å². The Hall–Kier alpha value is -2.20. The Morgan fingerprint density at radius 3 is 2.61 bits per heavy atom. The van der Waals surface area contributed by atoms with Gasteiger partial charge in [0, 0.05) is 12.6 Å². The highest BCUT2D eigenvalue weighted by Crippen LogP contribution is 2.38. The number of hydrogen-bond donors (Lipinski definition) is 2. The van der Waals surface area contributed by atoms with Gasteiger partial charge in [-0.15, -0.1) is 0 Å². The van der Waals surface area contributed by atoms with Crippen LogP contribution in [0.25, 0.3) is 0 Å². The molecule has 2 aromatic carbocycles. The summed E-state index contributed by atoms with van der Waals surface area (Å²) in [7, 11) is 3.71.